The van der Waals surface area contributed by atoms with Crippen molar-refractivity contribution in [1.82, 2.24) is 14.9 Å². The number of ether oxygens (including phenoxy) is 1. The zero-order chi connectivity index (χ0) is 16.2. The molecule has 3 rings (SSSR count). The largest absolute Gasteiger partial charge is 0.503 e. The molecule has 0 saturated carbocycles. The van der Waals surface area contributed by atoms with Gasteiger partial charge in [0.25, 0.3) is 0 Å². The third kappa shape index (κ3) is 4.24. The van der Waals surface area contributed by atoms with Gasteiger partial charge in [-0.1, -0.05) is 11.6 Å². The molecule has 1 aliphatic heterocycles. The molecule has 1 fully saturated rings. The topological polar surface area (TPSA) is 78.5 Å². The maximum absolute atomic E-state index is 11.4. The highest BCUT2D eigenvalue weighted by Gasteiger charge is 2.21. The monoisotopic (exact) mass is 335 g/mol. The van der Waals surface area contributed by atoms with E-state index in [2.05, 4.69) is 14.9 Å². The molecule has 0 spiro atoms. The minimum Gasteiger partial charge on any atom is -0.503 e. The van der Waals surface area contributed by atoms with Crippen molar-refractivity contribution in [2.24, 2.45) is 0 Å². The highest BCUT2D eigenvalue weighted by molar-refractivity contribution is 6.30. The van der Waals surface area contributed by atoms with Crippen LogP contribution in [0, 0.1) is 0 Å². The molecule has 0 aromatic carbocycles. The zero-order valence-electron chi connectivity index (χ0n) is 12.5. The summed E-state index contributed by atoms with van der Waals surface area (Å²) in [5, 5.41) is 9.85. The molecule has 0 aliphatic carbocycles. The summed E-state index contributed by atoms with van der Waals surface area (Å²) in [5.74, 6) is 0.340. The van der Waals surface area contributed by atoms with Crippen molar-refractivity contribution in [3.8, 4) is 11.6 Å². The third-order valence-corrected chi connectivity index (χ3v) is 4.09. The number of aromatic amines is 1. The second-order valence-corrected chi connectivity index (χ2v) is 6.05. The number of aromatic nitrogens is 2. The summed E-state index contributed by atoms with van der Waals surface area (Å²) >= 11 is 5.81. The predicted octanol–water partition coefficient (Wildman–Crippen LogP) is 2.17. The van der Waals surface area contributed by atoms with Gasteiger partial charge in [0.05, 0.1) is 5.02 Å². The van der Waals surface area contributed by atoms with Crippen LogP contribution in [0.1, 0.15) is 18.5 Å². The number of hydrogen-bond acceptors (Lipinski definition) is 5. The molecule has 0 atom stereocenters. The Kier molecular flexibility index (Phi) is 4.83. The van der Waals surface area contributed by atoms with Crippen LogP contribution in [0.2, 0.25) is 5.02 Å². The maximum Gasteiger partial charge on any atom is 0.223 e. The Morgan fingerprint density at radius 2 is 2.17 bits per heavy atom. The Hall–Kier alpha value is -2.05. The van der Waals surface area contributed by atoms with Gasteiger partial charge in [-0.15, -0.1) is 0 Å². The van der Waals surface area contributed by atoms with Crippen molar-refractivity contribution in [2.75, 3.05) is 13.1 Å². The summed E-state index contributed by atoms with van der Waals surface area (Å²) in [6, 6.07) is 4.98. The van der Waals surface area contributed by atoms with Crippen LogP contribution in [0.25, 0.3) is 0 Å². The number of hydrogen-bond donors (Lipinski definition) is 2. The Labute approximate surface area is 138 Å². The number of piperidine rings is 1. The van der Waals surface area contributed by atoms with Crippen molar-refractivity contribution < 1.29 is 9.84 Å². The van der Waals surface area contributed by atoms with Gasteiger partial charge >= 0.3 is 0 Å². The minimum absolute atomic E-state index is 0.138. The zero-order valence-corrected chi connectivity index (χ0v) is 13.3. The molecule has 2 aromatic rings. The number of nitrogens with zero attached hydrogens (tertiary/aromatic N) is 2. The first-order chi connectivity index (χ1) is 11.1. The van der Waals surface area contributed by atoms with Crippen LogP contribution in [0.5, 0.6) is 11.6 Å². The molecule has 0 bridgehead atoms. The van der Waals surface area contributed by atoms with Crippen molar-refractivity contribution in [1.29, 1.82) is 0 Å². The fraction of sp³-hybridized carbons (Fsp3) is 0.375. The Morgan fingerprint density at radius 1 is 1.39 bits per heavy atom. The lowest BCUT2D eigenvalue weighted by Gasteiger charge is -2.31. The highest BCUT2D eigenvalue weighted by Crippen LogP contribution is 2.19. The van der Waals surface area contributed by atoms with E-state index in [-0.39, 0.29) is 17.3 Å². The van der Waals surface area contributed by atoms with Crippen LogP contribution in [-0.2, 0) is 6.54 Å². The molecular weight excluding hydrogens is 318 g/mol. The van der Waals surface area contributed by atoms with Crippen LogP contribution in [0.3, 0.4) is 0 Å². The summed E-state index contributed by atoms with van der Waals surface area (Å²) in [4.78, 5) is 20.8. The standard InChI is InChI=1S/C16H18ClN3O3/c17-11-1-2-16(19-8-11)23-13-3-5-20(6-4-13)10-12-7-14(21)15(22)9-18-12/h1-2,7-9,13,22H,3-6,10H2,(H,18,21). The molecule has 6 nitrogen and oxygen atoms in total. The number of likely N-dealkylation sites (tertiary alicyclic amines) is 1. The lowest BCUT2D eigenvalue weighted by Crippen LogP contribution is -2.38. The van der Waals surface area contributed by atoms with Crippen LogP contribution in [0.4, 0.5) is 0 Å². The molecule has 23 heavy (non-hydrogen) atoms. The van der Waals surface area contributed by atoms with E-state index in [4.69, 9.17) is 16.3 Å². The third-order valence-electron chi connectivity index (χ3n) is 3.87. The van der Waals surface area contributed by atoms with Crippen LogP contribution < -0.4 is 10.2 Å². The number of nitrogens with one attached hydrogen (secondary N) is 1. The molecule has 7 heteroatoms. The summed E-state index contributed by atoms with van der Waals surface area (Å²) in [5.41, 5.74) is 0.442. The SMILES string of the molecule is O=c1cc(CN2CCC(Oc3ccc(Cl)cn3)CC2)[nH]cc1O. The summed E-state index contributed by atoms with van der Waals surface area (Å²) in [6.45, 7) is 2.41. The fourth-order valence-electron chi connectivity index (χ4n) is 2.63. The van der Waals surface area contributed by atoms with Gasteiger partial charge in [0.2, 0.25) is 11.3 Å². The number of pyridine rings is 2. The van der Waals surface area contributed by atoms with Gasteiger partial charge in [-0.05, 0) is 18.9 Å². The van der Waals surface area contributed by atoms with E-state index in [0.717, 1.165) is 31.6 Å². The quantitative estimate of drug-likeness (QED) is 0.895. The average molecular weight is 336 g/mol. The molecule has 0 amide bonds. The normalized spacial score (nSPS) is 16.4. The Morgan fingerprint density at radius 3 is 2.83 bits per heavy atom. The first kappa shape index (κ1) is 15.8. The first-order valence-electron chi connectivity index (χ1n) is 7.51. The molecule has 1 aliphatic rings. The van der Waals surface area contributed by atoms with E-state index >= 15 is 0 Å². The van der Waals surface area contributed by atoms with E-state index in [1.165, 1.54) is 12.3 Å². The molecule has 1 saturated heterocycles. The lowest BCUT2D eigenvalue weighted by atomic mass is 10.1. The van der Waals surface area contributed by atoms with Crippen molar-refractivity contribution >= 4 is 11.6 Å². The van der Waals surface area contributed by atoms with E-state index in [1.54, 1.807) is 18.3 Å². The van der Waals surface area contributed by atoms with Gasteiger partial charge in [0.1, 0.15) is 6.10 Å². The van der Waals surface area contributed by atoms with E-state index in [0.29, 0.717) is 17.4 Å². The van der Waals surface area contributed by atoms with Crippen LogP contribution in [-0.4, -0.2) is 39.2 Å². The molecule has 122 valence electrons. The molecular formula is C16H18ClN3O3. The van der Waals surface area contributed by atoms with E-state index in [1.807, 2.05) is 0 Å². The molecule has 2 N–H and O–H groups in total. The Balaban J connectivity index is 1.51. The highest BCUT2D eigenvalue weighted by atomic mass is 35.5. The van der Waals surface area contributed by atoms with Gasteiger partial charge in [-0.2, -0.15) is 0 Å². The molecule has 3 heterocycles. The minimum atomic E-state index is -0.356. The number of halogens is 1. The second kappa shape index (κ2) is 7.02. The lowest BCUT2D eigenvalue weighted by molar-refractivity contribution is 0.0925. The molecule has 0 unspecified atom stereocenters. The van der Waals surface area contributed by atoms with Crippen LogP contribution >= 0.6 is 11.6 Å². The number of rotatable bonds is 4. The van der Waals surface area contributed by atoms with E-state index < -0.39 is 0 Å². The first-order valence-corrected chi connectivity index (χ1v) is 7.89. The van der Waals surface area contributed by atoms with Gasteiger partial charge < -0.3 is 14.8 Å². The van der Waals surface area contributed by atoms with Crippen molar-refractivity contribution in [3.05, 3.63) is 51.5 Å². The smallest absolute Gasteiger partial charge is 0.223 e. The molecule has 0 radical (unpaired) electrons. The average Bonchev–Trinajstić information content (AvgIpc) is 2.55. The number of aromatic hydroxyl groups is 1. The van der Waals surface area contributed by atoms with Gasteiger partial charge in [-0.25, -0.2) is 4.98 Å². The van der Waals surface area contributed by atoms with Gasteiger partial charge in [0, 0.05) is 49.9 Å². The summed E-state index contributed by atoms with van der Waals surface area (Å²) < 4.78 is 5.86. The van der Waals surface area contributed by atoms with Crippen molar-refractivity contribution in [2.45, 2.75) is 25.5 Å². The van der Waals surface area contributed by atoms with E-state index in [9.17, 15) is 9.90 Å². The second-order valence-electron chi connectivity index (χ2n) is 5.62. The van der Waals surface area contributed by atoms with Gasteiger partial charge in [0.15, 0.2) is 5.75 Å². The molecule has 2 aromatic heterocycles. The maximum atomic E-state index is 11.4. The van der Waals surface area contributed by atoms with Crippen molar-refractivity contribution in [3.63, 3.8) is 0 Å². The van der Waals surface area contributed by atoms with Crippen LogP contribution in [0.15, 0.2) is 35.4 Å². The fourth-order valence-corrected chi connectivity index (χ4v) is 2.74. The number of H-pyrrole nitrogens is 1. The predicted molar refractivity (Wildman–Crippen MR) is 86.9 cm³/mol. The summed E-state index contributed by atoms with van der Waals surface area (Å²) in [7, 11) is 0. The summed E-state index contributed by atoms with van der Waals surface area (Å²) in [6.07, 6.45) is 4.84. The van der Waals surface area contributed by atoms with Gasteiger partial charge in [-0.3, -0.25) is 9.69 Å². The Bertz CT molecular complexity index is 709.